The van der Waals surface area contributed by atoms with Gasteiger partial charge in [0.05, 0.1) is 30.1 Å². The van der Waals surface area contributed by atoms with Crippen LogP contribution >= 0.6 is 0 Å². The highest BCUT2D eigenvalue weighted by molar-refractivity contribution is 5.95. The number of aromatic nitrogens is 4. The SMILES string of the molecule is CCc1nn(C)cc1C(=O)N1CCOC(c2ccnc(N(C)C)n2)C1. The molecule has 2 aromatic heterocycles. The van der Waals surface area contributed by atoms with Crippen LogP contribution in [-0.4, -0.2) is 64.3 Å². The van der Waals surface area contributed by atoms with Gasteiger partial charge < -0.3 is 14.5 Å². The third-order valence-corrected chi connectivity index (χ3v) is 4.22. The minimum absolute atomic E-state index is 0.000129. The molecule has 0 bridgehead atoms. The standard InChI is InChI=1S/C17H24N6O2/c1-5-13-12(10-22(4)20-13)16(24)23-8-9-25-15(11-23)14-6-7-18-17(19-14)21(2)3/h6-7,10,15H,5,8-9,11H2,1-4H3. The number of anilines is 1. The fraction of sp³-hybridized carbons (Fsp3) is 0.529. The summed E-state index contributed by atoms with van der Waals surface area (Å²) in [5, 5.41) is 4.37. The zero-order valence-electron chi connectivity index (χ0n) is 15.1. The first-order chi connectivity index (χ1) is 12.0. The Bertz CT molecular complexity index is 757. The molecule has 1 saturated heterocycles. The highest BCUT2D eigenvalue weighted by Crippen LogP contribution is 2.23. The largest absolute Gasteiger partial charge is 0.368 e. The van der Waals surface area contributed by atoms with Crippen molar-refractivity contribution in [3.8, 4) is 0 Å². The van der Waals surface area contributed by atoms with Crippen molar-refractivity contribution in [2.45, 2.75) is 19.4 Å². The fourth-order valence-electron chi connectivity index (χ4n) is 2.91. The lowest BCUT2D eigenvalue weighted by Crippen LogP contribution is -2.42. The highest BCUT2D eigenvalue weighted by Gasteiger charge is 2.29. The van der Waals surface area contributed by atoms with Gasteiger partial charge in [0.25, 0.3) is 5.91 Å². The zero-order chi connectivity index (χ0) is 18.0. The smallest absolute Gasteiger partial charge is 0.257 e. The number of ether oxygens (including phenoxy) is 1. The van der Waals surface area contributed by atoms with Crippen LogP contribution < -0.4 is 4.90 Å². The molecule has 0 radical (unpaired) electrons. The van der Waals surface area contributed by atoms with E-state index in [2.05, 4.69) is 15.1 Å². The molecule has 8 heteroatoms. The normalized spacial score (nSPS) is 17.6. The summed E-state index contributed by atoms with van der Waals surface area (Å²) in [6, 6.07) is 1.84. The first kappa shape index (κ1) is 17.3. The molecule has 8 nitrogen and oxygen atoms in total. The van der Waals surface area contributed by atoms with Gasteiger partial charge in [-0.25, -0.2) is 9.97 Å². The monoisotopic (exact) mass is 344 g/mol. The van der Waals surface area contributed by atoms with Gasteiger partial charge in [-0.2, -0.15) is 5.10 Å². The summed E-state index contributed by atoms with van der Waals surface area (Å²) >= 11 is 0. The summed E-state index contributed by atoms with van der Waals surface area (Å²) in [7, 11) is 5.62. The quantitative estimate of drug-likeness (QED) is 0.825. The van der Waals surface area contributed by atoms with Gasteiger partial charge >= 0.3 is 0 Å². The minimum Gasteiger partial charge on any atom is -0.368 e. The second-order valence-corrected chi connectivity index (χ2v) is 6.30. The molecule has 1 unspecified atom stereocenters. The maximum atomic E-state index is 12.9. The molecule has 1 atom stereocenters. The number of amides is 1. The molecule has 0 aliphatic carbocycles. The van der Waals surface area contributed by atoms with Gasteiger partial charge in [-0.05, 0) is 12.5 Å². The molecule has 1 fully saturated rings. The van der Waals surface area contributed by atoms with E-state index in [0.717, 1.165) is 17.8 Å². The number of rotatable bonds is 4. The minimum atomic E-state index is -0.249. The molecule has 25 heavy (non-hydrogen) atoms. The number of carbonyl (C=O) groups is 1. The Hall–Kier alpha value is -2.48. The topological polar surface area (TPSA) is 76.4 Å². The average molecular weight is 344 g/mol. The molecule has 2 aromatic rings. The maximum absolute atomic E-state index is 12.9. The number of hydrogen-bond acceptors (Lipinski definition) is 6. The van der Waals surface area contributed by atoms with Gasteiger partial charge in [0.2, 0.25) is 5.95 Å². The van der Waals surface area contributed by atoms with E-state index in [4.69, 9.17) is 4.74 Å². The summed E-state index contributed by atoms with van der Waals surface area (Å²) in [6.45, 7) is 3.53. The molecule has 1 aliphatic heterocycles. The Labute approximate surface area is 147 Å². The Balaban J connectivity index is 1.79. The van der Waals surface area contributed by atoms with Gasteiger partial charge in [0.15, 0.2) is 0 Å². The van der Waals surface area contributed by atoms with Crippen molar-refractivity contribution in [2.24, 2.45) is 7.05 Å². The molecule has 1 amide bonds. The Morgan fingerprint density at radius 2 is 2.24 bits per heavy atom. The van der Waals surface area contributed by atoms with E-state index in [-0.39, 0.29) is 12.0 Å². The van der Waals surface area contributed by atoms with Crippen LogP contribution in [0.2, 0.25) is 0 Å². The fourth-order valence-corrected chi connectivity index (χ4v) is 2.91. The predicted octanol–water partition coefficient (Wildman–Crippen LogP) is 1.05. The van der Waals surface area contributed by atoms with Crippen molar-refractivity contribution in [3.05, 3.63) is 35.4 Å². The Kier molecular flexibility index (Phi) is 4.98. The van der Waals surface area contributed by atoms with Gasteiger partial charge in [-0.1, -0.05) is 6.92 Å². The van der Waals surface area contributed by atoms with Crippen molar-refractivity contribution in [1.29, 1.82) is 0 Å². The molecule has 1 aliphatic rings. The van der Waals surface area contributed by atoms with E-state index < -0.39 is 0 Å². The summed E-state index contributed by atoms with van der Waals surface area (Å²) in [4.78, 5) is 25.4. The third kappa shape index (κ3) is 3.63. The summed E-state index contributed by atoms with van der Waals surface area (Å²) in [5.74, 6) is 0.630. The second-order valence-electron chi connectivity index (χ2n) is 6.30. The summed E-state index contributed by atoms with van der Waals surface area (Å²) in [5.41, 5.74) is 2.29. The maximum Gasteiger partial charge on any atom is 0.257 e. The van der Waals surface area contributed by atoms with E-state index in [1.165, 1.54) is 0 Å². The van der Waals surface area contributed by atoms with E-state index >= 15 is 0 Å². The summed E-state index contributed by atoms with van der Waals surface area (Å²) < 4.78 is 7.55. The Morgan fingerprint density at radius 3 is 2.96 bits per heavy atom. The first-order valence-corrected chi connectivity index (χ1v) is 8.43. The van der Waals surface area contributed by atoms with Crippen molar-refractivity contribution < 1.29 is 9.53 Å². The van der Waals surface area contributed by atoms with Gasteiger partial charge in [-0.3, -0.25) is 9.48 Å². The van der Waals surface area contributed by atoms with Crippen molar-refractivity contribution in [1.82, 2.24) is 24.6 Å². The van der Waals surface area contributed by atoms with Crippen LogP contribution in [0, 0.1) is 0 Å². The molecule has 134 valence electrons. The van der Waals surface area contributed by atoms with E-state index in [9.17, 15) is 4.79 Å². The van der Waals surface area contributed by atoms with E-state index in [1.54, 1.807) is 17.1 Å². The number of hydrogen-bond donors (Lipinski definition) is 0. The van der Waals surface area contributed by atoms with Gasteiger partial charge in [-0.15, -0.1) is 0 Å². The van der Waals surface area contributed by atoms with E-state index in [0.29, 0.717) is 31.2 Å². The number of aryl methyl sites for hydroxylation is 2. The molecular weight excluding hydrogens is 320 g/mol. The zero-order valence-corrected chi connectivity index (χ0v) is 15.1. The van der Waals surface area contributed by atoms with Crippen LogP contribution in [0.15, 0.2) is 18.5 Å². The Morgan fingerprint density at radius 1 is 1.44 bits per heavy atom. The number of nitrogens with zero attached hydrogens (tertiary/aromatic N) is 6. The second kappa shape index (κ2) is 7.18. The van der Waals surface area contributed by atoms with Gasteiger partial charge in [0, 0.05) is 40.1 Å². The molecule has 0 aromatic carbocycles. The molecule has 3 rings (SSSR count). The van der Waals surface area contributed by atoms with Crippen LogP contribution in [0.1, 0.15) is 34.8 Å². The third-order valence-electron chi connectivity index (χ3n) is 4.22. The lowest BCUT2D eigenvalue weighted by Gasteiger charge is -2.32. The number of morpholine rings is 1. The predicted molar refractivity (Wildman–Crippen MR) is 93.5 cm³/mol. The van der Waals surface area contributed by atoms with Crippen molar-refractivity contribution >= 4 is 11.9 Å². The summed E-state index contributed by atoms with van der Waals surface area (Å²) in [6.07, 6.45) is 3.99. The average Bonchev–Trinajstić information content (AvgIpc) is 3.02. The number of carbonyl (C=O) groups excluding carboxylic acids is 1. The van der Waals surface area contributed by atoms with Crippen molar-refractivity contribution in [2.75, 3.05) is 38.7 Å². The lowest BCUT2D eigenvalue weighted by atomic mass is 10.1. The van der Waals surface area contributed by atoms with Crippen LogP contribution in [0.4, 0.5) is 5.95 Å². The first-order valence-electron chi connectivity index (χ1n) is 8.43. The van der Waals surface area contributed by atoms with Crippen LogP contribution in [0.3, 0.4) is 0 Å². The van der Waals surface area contributed by atoms with Crippen LogP contribution in [0.25, 0.3) is 0 Å². The lowest BCUT2D eigenvalue weighted by molar-refractivity contribution is -0.0247. The van der Waals surface area contributed by atoms with Crippen LogP contribution in [0.5, 0.6) is 0 Å². The molecule has 0 saturated carbocycles. The molecule has 3 heterocycles. The highest BCUT2D eigenvalue weighted by atomic mass is 16.5. The van der Waals surface area contributed by atoms with E-state index in [1.807, 2.05) is 43.9 Å². The molecular formula is C17H24N6O2. The van der Waals surface area contributed by atoms with Crippen LogP contribution in [-0.2, 0) is 18.2 Å². The molecule has 0 spiro atoms. The van der Waals surface area contributed by atoms with Crippen molar-refractivity contribution in [3.63, 3.8) is 0 Å². The molecule has 0 N–H and O–H groups in total. The van der Waals surface area contributed by atoms with Gasteiger partial charge in [0.1, 0.15) is 6.10 Å².